The van der Waals surface area contributed by atoms with E-state index in [4.69, 9.17) is 9.97 Å². The number of nitrogens with zero attached hydrogens (tertiary/aromatic N) is 5. The number of amides is 2. The molecule has 2 amide bonds. The highest BCUT2D eigenvalue weighted by Gasteiger charge is 2.34. The molecule has 40 heavy (non-hydrogen) atoms. The summed E-state index contributed by atoms with van der Waals surface area (Å²) in [5.41, 5.74) is 4.14. The molecule has 2 aromatic carbocycles. The lowest BCUT2D eigenvalue weighted by atomic mass is 9.97. The summed E-state index contributed by atoms with van der Waals surface area (Å²) in [5, 5.41) is 6.09. The number of aromatic nitrogens is 2. The van der Waals surface area contributed by atoms with Crippen LogP contribution in [-0.2, 0) is 6.54 Å². The van der Waals surface area contributed by atoms with Crippen molar-refractivity contribution in [1.29, 1.82) is 0 Å². The van der Waals surface area contributed by atoms with E-state index in [1.54, 1.807) is 0 Å². The molecule has 1 aliphatic heterocycles. The first kappa shape index (κ1) is 28.9. The normalized spacial score (nSPS) is 12.8. The summed E-state index contributed by atoms with van der Waals surface area (Å²) in [6.45, 7) is 10.7. The number of hydrogen-bond acceptors (Lipinski definition) is 6. The van der Waals surface area contributed by atoms with Crippen LogP contribution in [-0.4, -0.2) is 61.7 Å². The molecule has 212 valence electrons. The van der Waals surface area contributed by atoms with Gasteiger partial charge in [0.05, 0.1) is 12.2 Å². The molecule has 0 saturated carbocycles. The number of anilines is 3. The van der Waals surface area contributed by atoms with E-state index in [1.807, 2.05) is 51.2 Å². The van der Waals surface area contributed by atoms with Crippen molar-refractivity contribution in [1.82, 2.24) is 25.5 Å². The third-order valence-electron chi connectivity index (χ3n) is 6.84. The van der Waals surface area contributed by atoms with Crippen molar-refractivity contribution in [2.24, 2.45) is 0 Å². The van der Waals surface area contributed by atoms with Crippen LogP contribution >= 0.6 is 0 Å². The van der Waals surface area contributed by atoms with Crippen LogP contribution in [0.5, 0.6) is 0 Å². The molecule has 0 saturated heterocycles. The number of fused-ring (bicyclic) bond motifs is 1. The molecule has 1 aromatic heterocycles. The van der Waals surface area contributed by atoms with Gasteiger partial charge in [-0.2, -0.15) is 4.98 Å². The van der Waals surface area contributed by atoms with E-state index in [0.717, 1.165) is 65.4 Å². The SMILES string of the molecule is C=C(NCCC)c1ccc(C)c(-c2nc(N(C)CCCN(C)C)nc3c2CNC(=O)N3c2c(F)cccc2F)c1. The molecule has 0 spiro atoms. The molecular weight excluding hydrogens is 512 g/mol. The summed E-state index contributed by atoms with van der Waals surface area (Å²) < 4.78 is 30.0. The highest BCUT2D eigenvalue weighted by atomic mass is 19.1. The van der Waals surface area contributed by atoms with Gasteiger partial charge in [0.15, 0.2) is 5.82 Å². The van der Waals surface area contributed by atoms with E-state index in [0.29, 0.717) is 23.8 Å². The average molecular weight is 550 g/mol. The molecule has 8 nitrogen and oxygen atoms in total. The first-order valence-corrected chi connectivity index (χ1v) is 13.4. The maximum atomic E-state index is 15.0. The van der Waals surface area contributed by atoms with E-state index in [9.17, 15) is 13.6 Å². The largest absolute Gasteiger partial charge is 0.385 e. The maximum Gasteiger partial charge on any atom is 0.328 e. The lowest BCUT2D eigenvalue weighted by molar-refractivity contribution is 0.246. The molecule has 4 rings (SSSR count). The first-order chi connectivity index (χ1) is 19.1. The van der Waals surface area contributed by atoms with Crippen molar-refractivity contribution in [3.05, 3.63) is 71.3 Å². The van der Waals surface area contributed by atoms with Crippen LogP contribution in [0, 0.1) is 18.6 Å². The molecule has 0 unspecified atom stereocenters. The van der Waals surface area contributed by atoms with E-state index < -0.39 is 23.4 Å². The smallest absolute Gasteiger partial charge is 0.328 e. The molecule has 0 aliphatic carbocycles. The highest BCUT2D eigenvalue weighted by Crippen LogP contribution is 2.39. The van der Waals surface area contributed by atoms with Gasteiger partial charge in [-0.25, -0.2) is 23.5 Å². The number of nitrogens with one attached hydrogen (secondary N) is 2. The fourth-order valence-corrected chi connectivity index (χ4v) is 4.62. The van der Waals surface area contributed by atoms with Crippen LogP contribution in [0.25, 0.3) is 17.0 Å². The zero-order valence-electron chi connectivity index (χ0n) is 23.8. The lowest BCUT2D eigenvalue weighted by Crippen LogP contribution is -2.43. The summed E-state index contributed by atoms with van der Waals surface area (Å²) in [6.07, 6.45) is 1.81. The molecule has 0 bridgehead atoms. The average Bonchev–Trinajstić information content (AvgIpc) is 2.92. The van der Waals surface area contributed by atoms with E-state index >= 15 is 0 Å². The maximum absolute atomic E-state index is 15.0. The third-order valence-corrected chi connectivity index (χ3v) is 6.84. The number of aryl methyl sites for hydroxylation is 1. The van der Waals surface area contributed by atoms with Crippen molar-refractivity contribution < 1.29 is 13.6 Å². The topological polar surface area (TPSA) is 76.6 Å². The van der Waals surface area contributed by atoms with Gasteiger partial charge in [-0.3, -0.25) is 0 Å². The Bertz CT molecular complexity index is 1390. The first-order valence-electron chi connectivity index (χ1n) is 13.4. The second-order valence-corrected chi connectivity index (χ2v) is 10.3. The Morgan fingerprint density at radius 3 is 2.52 bits per heavy atom. The fraction of sp³-hybridized carbons (Fsp3) is 0.367. The number of benzene rings is 2. The molecule has 2 heterocycles. The minimum atomic E-state index is -0.861. The zero-order chi connectivity index (χ0) is 29.0. The summed E-state index contributed by atoms with van der Waals surface area (Å²) in [5.74, 6) is -1.21. The van der Waals surface area contributed by atoms with Crippen molar-refractivity contribution in [3.63, 3.8) is 0 Å². The third kappa shape index (κ3) is 6.07. The van der Waals surface area contributed by atoms with E-state index in [-0.39, 0.29) is 12.4 Å². The second-order valence-electron chi connectivity index (χ2n) is 10.3. The van der Waals surface area contributed by atoms with Gasteiger partial charge in [0.2, 0.25) is 5.95 Å². The number of para-hydroxylation sites is 1. The van der Waals surface area contributed by atoms with E-state index in [1.165, 1.54) is 6.07 Å². The van der Waals surface area contributed by atoms with Crippen LogP contribution < -0.4 is 20.4 Å². The van der Waals surface area contributed by atoms with Crippen molar-refractivity contribution in [3.8, 4) is 11.3 Å². The van der Waals surface area contributed by atoms with Gasteiger partial charge in [0.25, 0.3) is 0 Å². The highest BCUT2D eigenvalue weighted by molar-refractivity contribution is 6.02. The summed E-state index contributed by atoms with van der Waals surface area (Å²) >= 11 is 0. The number of carbonyl (C=O) groups is 1. The number of urea groups is 1. The van der Waals surface area contributed by atoms with Crippen LogP contribution in [0.15, 0.2) is 43.0 Å². The molecule has 0 fully saturated rings. The minimum absolute atomic E-state index is 0.111. The monoisotopic (exact) mass is 549 g/mol. The molecule has 0 radical (unpaired) electrons. The summed E-state index contributed by atoms with van der Waals surface area (Å²) in [4.78, 5) is 27.8. The Hall–Kier alpha value is -4.05. The van der Waals surface area contributed by atoms with Crippen LogP contribution in [0.1, 0.15) is 36.5 Å². The molecule has 0 atom stereocenters. The van der Waals surface area contributed by atoms with E-state index in [2.05, 4.69) is 29.0 Å². The standard InChI is InChI=1S/C30H37F2N7O/c1-7-14-33-20(3)21-13-12-19(2)22(17-21)26-23-18-34-30(40)39(27-24(31)10-8-11-25(27)32)28(23)36-29(35-26)38(6)16-9-15-37(4)5/h8,10-13,17,33H,3,7,9,14-16,18H2,1-2,4-6H3,(H,34,40). The van der Waals surface area contributed by atoms with Crippen LogP contribution in [0.4, 0.5) is 31.0 Å². The number of rotatable bonds is 11. The quantitative estimate of drug-likeness (QED) is 0.331. The fourth-order valence-electron chi connectivity index (χ4n) is 4.62. The molecule has 3 aromatic rings. The Morgan fingerprint density at radius 2 is 1.85 bits per heavy atom. The van der Waals surface area contributed by atoms with Crippen molar-refractivity contribution in [2.45, 2.75) is 33.2 Å². The van der Waals surface area contributed by atoms with Crippen LogP contribution in [0.3, 0.4) is 0 Å². The van der Waals surface area contributed by atoms with Gasteiger partial charge in [-0.1, -0.05) is 31.7 Å². The Labute approximate surface area is 234 Å². The molecule has 1 aliphatic rings. The molecular formula is C30H37F2N7O. The zero-order valence-corrected chi connectivity index (χ0v) is 23.8. The number of hydrogen-bond donors (Lipinski definition) is 2. The summed E-state index contributed by atoms with van der Waals surface area (Å²) in [7, 11) is 5.88. The molecule has 2 N–H and O–H groups in total. The van der Waals surface area contributed by atoms with Gasteiger partial charge in [0, 0.05) is 37.0 Å². The number of carbonyl (C=O) groups excluding carboxylic acids is 1. The van der Waals surface area contributed by atoms with Crippen molar-refractivity contribution in [2.75, 3.05) is 50.6 Å². The predicted molar refractivity (Wildman–Crippen MR) is 157 cm³/mol. The molecule has 10 heteroatoms. The summed E-state index contributed by atoms with van der Waals surface area (Å²) in [6, 6.07) is 8.84. The number of halogens is 2. The lowest BCUT2D eigenvalue weighted by Gasteiger charge is -2.32. The predicted octanol–water partition coefficient (Wildman–Crippen LogP) is 5.45. The Morgan fingerprint density at radius 1 is 1.12 bits per heavy atom. The van der Waals surface area contributed by atoms with Gasteiger partial charge in [-0.15, -0.1) is 0 Å². The van der Waals surface area contributed by atoms with Gasteiger partial charge in [-0.05, 0) is 69.7 Å². The van der Waals surface area contributed by atoms with Gasteiger partial charge >= 0.3 is 6.03 Å². The van der Waals surface area contributed by atoms with Gasteiger partial charge < -0.3 is 20.4 Å². The van der Waals surface area contributed by atoms with Gasteiger partial charge in [0.1, 0.15) is 17.3 Å². The Kier molecular flexibility index (Phi) is 8.99. The van der Waals surface area contributed by atoms with Crippen LogP contribution in [0.2, 0.25) is 0 Å². The second kappa shape index (κ2) is 12.4. The minimum Gasteiger partial charge on any atom is -0.385 e. The van der Waals surface area contributed by atoms with Crippen molar-refractivity contribution >= 4 is 29.2 Å². The Balaban J connectivity index is 1.91.